The molecule has 0 spiro atoms. The molecule has 9 nitrogen and oxygen atoms in total. The molecule has 0 radical (unpaired) electrons. The number of nitrogens with one attached hydrogen (secondary N) is 1. The van der Waals surface area contributed by atoms with Gasteiger partial charge in [-0.05, 0) is 45.6 Å². The van der Waals surface area contributed by atoms with Gasteiger partial charge >= 0.3 is 0 Å². The Morgan fingerprint density at radius 1 is 1.12 bits per heavy atom. The molecular formula is C23H34N6O3. The molecule has 4 heterocycles. The van der Waals surface area contributed by atoms with Crippen LogP contribution in [0.3, 0.4) is 0 Å². The van der Waals surface area contributed by atoms with Gasteiger partial charge < -0.3 is 20.0 Å². The van der Waals surface area contributed by atoms with E-state index in [1.165, 1.54) is 6.42 Å². The van der Waals surface area contributed by atoms with E-state index in [1.807, 2.05) is 19.9 Å². The smallest absolute Gasteiger partial charge is 0.242 e. The maximum atomic E-state index is 13.0. The van der Waals surface area contributed by atoms with Crippen molar-refractivity contribution in [1.82, 2.24) is 25.1 Å². The summed E-state index contributed by atoms with van der Waals surface area (Å²) >= 11 is 0. The van der Waals surface area contributed by atoms with Gasteiger partial charge in [0.05, 0.1) is 18.2 Å². The number of piperidine rings is 1. The average Bonchev–Trinajstić information content (AvgIpc) is 3.41. The van der Waals surface area contributed by atoms with Crippen molar-refractivity contribution in [2.45, 2.75) is 57.9 Å². The first kappa shape index (κ1) is 22.5. The number of nitrogens with zero attached hydrogens (tertiary/aromatic N) is 5. The molecule has 9 heteroatoms. The predicted molar refractivity (Wildman–Crippen MR) is 120 cm³/mol. The second kappa shape index (κ2) is 9.83. The average molecular weight is 443 g/mol. The van der Waals surface area contributed by atoms with Crippen LogP contribution in [-0.2, 0) is 14.4 Å². The third-order valence-electron chi connectivity index (χ3n) is 6.62. The van der Waals surface area contributed by atoms with Gasteiger partial charge in [0.1, 0.15) is 0 Å². The molecular weight excluding hydrogens is 408 g/mol. The maximum absolute atomic E-state index is 13.0. The lowest BCUT2D eigenvalue weighted by molar-refractivity contribution is -0.138. The zero-order valence-corrected chi connectivity index (χ0v) is 19.1. The number of carbonyl (C=O) groups is 3. The molecule has 3 aliphatic rings. The SMILES string of the molecule is CC(C)NC(=O)[C@H]1CN(C(=O)CN2CCCC2=O)C[C@@H]1c1ccnc(N2CCCCC2)n1. The number of hydrogen-bond donors (Lipinski definition) is 1. The quantitative estimate of drug-likeness (QED) is 0.710. The third kappa shape index (κ3) is 5.02. The summed E-state index contributed by atoms with van der Waals surface area (Å²) in [5, 5.41) is 3.01. The molecule has 3 fully saturated rings. The Morgan fingerprint density at radius 2 is 1.91 bits per heavy atom. The topological polar surface area (TPSA) is 98.7 Å². The lowest BCUT2D eigenvalue weighted by atomic mass is 9.91. The Bertz CT molecular complexity index is 854. The largest absolute Gasteiger partial charge is 0.354 e. The molecule has 4 rings (SSSR count). The van der Waals surface area contributed by atoms with E-state index in [0.29, 0.717) is 32.0 Å². The van der Waals surface area contributed by atoms with Crippen molar-refractivity contribution in [2.24, 2.45) is 5.92 Å². The van der Waals surface area contributed by atoms with E-state index in [2.05, 4.69) is 15.2 Å². The van der Waals surface area contributed by atoms with Gasteiger partial charge in [-0.15, -0.1) is 0 Å². The van der Waals surface area contributed by atoms with Gasteiger partial charge in [0.25, 0.3) is 0 Å². The van der Waals surface area contributed by atoms with Gasteiger partial charge in [0, 0.05) is 57.3 Å². The fraction of sp³-hybridized carbons (Fsp3) is 0.696. The zero-order valence-electron chi connectivity index (χ0n) is 19.1. The standard InChI is InChI=1S/C23H34N6O3/c1-16(2)25-22(32)18-14-29(21(31)15-28-12-6-7-20(28)30)13-17(18)19-8-9-24-23(26-19)27-10-4-3-5-11-27/h8-9,16-18H,3-7,10-15H2,1-2H3,(H,25,32)/t17-,18-/m0/s1. The highest BCUT2D eigenvalue weighted by atomic mass is 16.2. The number of carbonyl (C=O) groups excluding carboxylic acids is 3. The highest BCUT2D eigenvalue weighted by molar-refractivity contribution is 5.87. The minimum atomic E-state index is -0.375. The molecule has 0 aliphatic carbocycles. The molecule has 1 aromatic rings. The number of likely N-dealkylation sites (tertiary alicyclic amines) is 2. The molecule has 1 N–H and O–H groups in total. The summed E-state index contributed by atoms with van der Waals surface area (Å²) in [6.07, 6.45) is 6.57. The summed E-state index contributed by atoms with van der Waals surface area (Å²) in [6.45, 7) is 7.24. The number of hydrogen-bond acceptors (Lipinski definition) is 6. The van der Waals surface area contributed by atoms with E-state index in [4.69, 9.17) is 4.98 Å². The van der Waals surface area contributed by atoms with Crippen LogP contribution in [0.15, 0.2) is 12.3 Å². The van der Waals surface area contributed by atoms with Crippen LogP contribution in [0.5, 0.6) is 0 Å². The van der Waals surface area contributed by atoms with Crippen LogP contribution in [0.1, 0.15) is 57.6 Å². The Balaban J connectivity index is 1.53. The Morgan fingerprint density at radius 3 is 2.59 bits per heavy atom. The van der Waals surface area contributed by atoms with Crippen molar-refractivity contribution < 1.29 is 14.4 Å². The van der Waals surface area contributed by atoms with E-state index >= 15 is 0 Å². The highest BCUT2D eigenvalue weighted by Gasteiger charge is 2.42. The van der Waals surface area contributed by atoms with E-state index in [0.717, 1.165) is 38.0 Å². The minimum absolute atomic E-state index is 0.0180. The molecule has 0 bridgehead atoms. The molecule has 32 heavy (non-hydrogen) atoms. The molecule has 2 atom stereocenters. The van der Waals surface area contributed by atoms with Crippen molar-refractivity contribution in [1.29, 1.82) is 0 Å². The van der Waals surface area contributed by atoms with Crippen molar-refractivity contribution in [3.05, 3.63) is 18.0 Å². The Kier molecular flexibility index (Phi) is 6.91. The van der Waals surface area contributed by atoms with E-state index < -0.39 is 0 Å². The molecule has 174 valence electrons. The van der Waals surface area contributed by atoms with Gasteiger partial charge in [0.2, 0.25) is 23.7 Å². The first-order valence-electron chi connectivity index (χ1n) is 11.9. The fourth-order valence-corrected chi connectivity index (χ4v) is 4.91. The van der Waals surface area contributed by atoms with E-state index in [1.54, 1.807) is 16.0 Å². The first-order valence-corrected chi connectivity index (χ1v) is 11.9. The molecule has 0 unspecified atom stereocenters. The van der Waals surface area contributed by atoms with Gasteiger partial charge in [-0.1, -0.05) is 0 Å². The summed E-state index contributed by atoms with van der Waals surface area (Å²) in [4.78, 5) is 52.8. The number of anilines is 1. The van der Waals surface area contributed by atoms with E-state index in [9.17, 15) is 14.4 Å². The van der Waals surface area contributed by atoms with Crippen molar-refractivity contribution in [2.75, 3.05) is 44.2 Å². The van der Waals surface area contributed by atoms with Crippen LogP contribution >= 0.6 is 0 Å². The van der Waals surface area contributed by atoms with Crippen LogP contribution in [0.4, 0.5) is 5.95 Å². The summed E-state index contributed by atoms with van der Waals surface area (Å²) in [6, 6.07) is 1.88. The van der Waals surface area contributed by atoms with Crippen LogP contribution < -0.4 is 10.2 Å². The third-order valence-corrected chi connectivity index (χ3v) is 6.62. The van der Waals surface area contributed by atoms with Crippen molar-refractivity contribution in [3.8, 4) is 0 Å². The van der Waals surface area contributed by atoms with Gasteiger partial charge in [-0.3, -0.25) is 14.4 Å². The van der Waals surface area contributed by atoms with Gasteiger partial charge in [-0.2, -0.15) is 0 Å². The first-order chi connectivity index (χ1) is 15.4. The van der Waals surface area contributed by atoms with Crippen LogP contribution in [0.25, 0.3) is 0 Å². The summed E-state index contributed by atoms with van der Waals surface area (Å²) in [7, 11) is 0. The van der Waals surface area contributed by atoms with Crippen molar-refractivity contribution in [3.63, 3.8) is 0 Å². The number of aromatic nitrogens is 2. The van der Waals surface area contributed by atoms with Crippen LogP contribution in [-0.4, -0.2) is 82.8 Å². The Labute approximate surface area is 189 Å². The predicted octanol–water partition coefficient (Wildman–Crippen LogP) is 1.16. The lowest BCUT2D eigenvalue weighted by Gasteiger charge is -2.27. The minimum Gasteiger partial charge on any atom is -0.354 e. The second-order valence-corrected chi connectivity index (χ2v) is 9.42. The van der Waals surface area contributed by atoms with Crippen LogP contribution in [0.2, 0.25) is 0 Å². The van der Waals surface area contributed by atoms with E-state index in [-0.39, 0.29) is 42.1 Å². The number of rotatable bonds is 6. The summed E-state index contributed by atoms with van der Waals surface area (Å²) < 4.78 is 0. The monoisotopic (exact) mass is 442 g/mol. The van der Waals surface area contributed by atoms with Crippen LogP contribution in [0, 0.1) is 5.92 Å². The Hall–Kier alpha value is -2.71. The maximum Gasteiger partial charge on any atom is 0.242 e. The lowest BCUT2D eigenvalue weighted by Crippen LogP contribution is -2.41. The summed E-state index contributed by atoms with van der Waals surface area (Å²) in [5.41, 5.74) is 0.803. The van der Waals surface area contributed by atoms with Gasteiger partial charge in [0.15, 0.2) is 0 Å². The molecule has 1 aromatic heterocycles. The number of amides is 3. The molecule has 3 saturated heterocycles. The zero-order chi connectivity index (χ0) is 22.7. The van der Waals surface area contributed by atoms with Gasteiger partial charge in [-0.25, -0.2) is 9.97 Å². The normalized spacial score (nSPS) is 23.8. The highest BCUT2D eigenvalue weighted by Crippen LogP contribution is 2.33. The fourth-order valence-electron chi connectivity index (χ4n) is 4.91. The van der Waals surface area contributed by atoms with Crippen molar-refractivity contribution >= 4 is 23.7 Å². The molecule has 0 aromatic carbocycles. The molecule has 0 saturated carbocycles. The molecule has 3 amide bonds. The second-order valence-electron chi connectivity index (χ2n) is 9.42. The summed E-state index contributed by atoms with van der Waals surface area (Å²) in [5.74, 6) is 0.00664. The molecule has 3 aliphatic heterocycles.